The molecule has 32 rings (SSSR count). The third kappa shape index (κ3) is 14.8. The van der Waals surface area contributed by atoms with Gasteiger partial charge in [-0.15, -0.1) is 45.3 Å². The van der Waals surface area contributed by atoms with Crippen molar-refractivity contribution >= 4 is 255 Å². The van der Waals surface area contributed by atoms with Gasteiger partial charge in [0.15, 0.2) is 0 Å². The van der Waals surface area contributed by atoms with Crippen molar-refractivity contribution in [1.29, 1.82) is 0 Å². The summed E-state index contributed by atoms with van der Waals surface area (Å²) in [5.74, 6) is 0. The van der Waals surface area contributed by atoms with Gasteiger partial charge in [-0.05, 0) is 236 Å². The molecule has 8 heteroatoms. The summed E-state index contributed by atoms with van der Waals surface area (Å²) in [6, 6.07) is 180. The standard InChI is InChI=1S/C41H25NS.2C35H21NS.C29H17NS/c1-2-11-26(12-3-1)40-41-37(35-19-8-9-20-39(35)43-41)25-38(42-40)29-14-10-13-27(23-29)28-21-22-34-32-17-5-4-15-30(32)31-16-6-7-18-33(31)36(34)24-28;1-2-12-27-25(10-1)26-11-3-4-13-28(26)31-19-23(16-17-29(27)31)22-8-7-9-24(18-22)33-20-32-30-14-5-6-15-34(30)37-35(32)21-36-33;1-2-10-22(11-3-1)32-21-31-29-16-8-9-17-33(29)37-35(31)34(36-32)23-18-19-28-26-14-5-4-12-24(26)25-13-6-7-15-27(25)30(28)20-23;1-2-9-21-19(7-1)20-8-3-4-10-22(20)26-17-18(13-14-23(21)26)28-29-25(15-16-30-28)24-11-5-6-12-27(24)31-29/h1-25H;2*1-21H;1-17H. The third-order valence-corrected chi connectivity index (χ3v) is 34.6. The van der Waals surface area contributed by atoms with Gasteiger partial charge in [-0.3, -0.25) is 9.97 Å². The average molecular weight is 1950 g/mol. The van der Waals surface area contributed by atoms with E-state index < -0.39 is 0 Å². The molecule has 0 aliphatic heterocycles. The van der Waals surface area contributed by atoms with E-state index in [1.807, 2.05) is 46.4 Å². The van der Waals surface area contributed by atoms with E-state index in [9.17, 15) is 0 Å². The van der Waals surface area contributed by atoms with Crippen molar-refractivity contribution in [1.82, 2.24) is 19.9 Å². The zero-order valence-corrected chi connectivity index (χ0v) is 83.2. The summed E-state index contributed by atoms with van der Waals surface area (Å²) in [4.78, 5) is 20.3. The summed E-state index contributed by atoms with van der Waals surface area (Å²) >= 11 is 7.30. The van der Waals surface area contributed by atoms with E-state index >= 15 is 0 Å². The van der Waals surface area contributed by atoms with Crippen LogP contribution in [0.4, 0.5) is 0 Å². The van der Waals surface area contributed by atoms with Gasteiger partial charge >= 0.3 is 0 Å². The van der Waals surface area contributed by atoms with Gasteiger partial charge < -0.3 is 0 Å². The number of thiophene rings is 4. The summed E-state index contributed by atoms with van der Waals surface area (Å²) < 4.78 is 10.2. The molecule has 0 aliphatic carbocycles. The minimum Gasteiger partial charge on any atom is -0.255 e. The fraction of sp³-hybridized carbons (Fsp3) is 0. The Kier molecular flexibility index (Phi) is 21.1. The predicted molar refractivity (Wildman–Crippen MR) is 642 cm³/mol. The first-order valence-corrected chi connectivity index (χ1v) is 53.5. The van der Waals surface area contributed by atoms with E-state index in [1.54, 1.807) is 11.3 Å². The van der Waals surface area contributed by atoms with Crippen molar-refractivity contribution in [3.8, 4) is 89.8 Å². The Morgan fingerprint density at radius 2 is 0.372 bits per heavy atom. The van der Waals surface area contributed by atoms with Crippen LogP contribution in [0.5, 0.6) is 0 Å². The van der Waals surface area contributed by atoms with E-state index in [0.717, 1.165) is 62.0 Å². The maximum atomic E-state index is 5.31. The zero-order chi connectivity index (χ0) is 97.4. The molecule has 0 spiro atoms. The number of benzene rings is 24. The molecule has 0 saturated carbocycles. The van der Waals surface area contributed by atoms with E-state index in [0.29, 0.717) is 0 Å². The molecule has 0 bridgehead atoms. The monoisotopic (exact) mass is 1950 g/mol. The molecule has 0 N–H and O–H groups in total. The van der Waals surface area contributed by atoms with Crippen LogP contribution in [0.25, 0.3) is 300 Å². The first kappa shape index (κ1) is 86.5. The van der Waals surface area contributed by atoms with Gasteiger partial charge in [0, 0.05) is 108 Å². The van der Waals surface area contributed by atoms with Crippen LogP contribution < -0.4 is 0 Å². The summed E-state index contributed by atoms with van der Waals surface area (Å²) in [7, 11) is 0. The second-order valence-electron chi connectivity index (χ2n) is 38.3. The van der Waals surface area contributed by atoms with Crippen LogP contribution in [0.3, 0.4) is 0 Å². The number of hydrogen-bond acceptors (Lipinski definition) is 8. The second-order valence-corrected chi connectivity index (χ2v) is 42.5. The van der Waals surface area contributed by atoms with Crippen LogP contribution in [0.15, 0.2) is 510 Å². The average Bonchev–Trinajstić information content (AvgIpc) is 1.34. The number of fused-ring (bicyclic) bond motifs is 36. The smallest absolute Gasteiger partial charge is 0.0888 e. The molecular formula is C140H84N4S4. The van der Waals surface area contributed by atoms with Gasteiger partial charge in [0.25, 0.3) is 0 Å². The minimum absolute atomic E-state index is 0.994. The molecule has 688 valence electrons. The van der Waals surface area contributed by atoms with Crippen molar-refractivity contribution in [2.75, 3.05) is 0 Å². The van der Waals surface area contributed by atoms with Crippen molar-refractivity contribution < 1.29 is 0 Å². The first-order valence-electron chi connectivity index (χ1n) is 50.2. The molecule has 0 aliphatic rings. The lowest BCUT2D eigenvalue weighted by Gasteiger charge is -2.13. The minimum atomic E-state index is 0.994. The van der Waals surface area contributed by atoms with Crippen molar-refractivity contribution in [2.45, 2.75) is 0 Å². The van der Waals surface area contributed by atoms with Crippen LogP contribution in [-0.2, 0) is 0 Å². The highest BCUT2D eigenvalue weighted by atomic mass is 32.1. The second kappa shape index (κ2) is 36.0. The van der Waals surface area contributed by atoms with Gasteiger partial charge in [0.1, 0.15) is 0 Å². The Hall–Kier alpha value is -18.1. The number of hydrogen-bond donors (Lipinski definition) is 0. The van der Waals surface area contributed by atoms with Gasteiger partial charge in [-0.2, -0.15) is 0 Å². The molecule has 32 aromatic rings. The summed E-state index contributed by atoms with van der Waals surface area (Å²) in [6.07, 6.45) is 3.97. The number of rotatable bonds is 8. The molecule has 0 atom stereocenters. The van der Waals surface area contributed by atoms with E-state index in [4.69, 9.17) is 19.9 Å². The summed E-state index contributed by atoms with van der Waals surface area (Å²) in [5, 5.41) is 41.4. The number of aromatic nitrogens is 4. The first-order chi connectivity index (χ1) is 73.4. The number of nitrogens with zero attached hydrogens (tertiary/aromatic N) is 4. The molecule has 0 radical (unpaired) electrons. The van der Waals surface area contributed by atoms with Crippen molar-refractivity contribution in [3.05, 3.63) is 510 Å². The molecule has 8 aromatic heterocycles. The molecule has 0 saturated heterocycles. The zero-order valence-electron chi connectivity index (χ0n) is 79.9. The predicted octanol–water partition coefficient (Wildman–Crippen LogP) is 41.0. The quantitative estimate of drug-likeness (QED) is 0.142. The molecule has 0 unspecified atom stereocenters. The highest BCUT2D eigenvalue weighted by Crippen LogP contribution is 2.50. The van der Waals surface area contributed by atoms with E-state index in [-0.39, 0.29) is 0 Å². The van der Waals surface area contributed by atoms with Gasteiger partial charge in [0.05, 0.1) is 53.0 Å². The number of pyridine rings is 4. The van der Waals surface area contributed by atoms with Crippen LogP contribution >= 0.6 is 45.3 Å². The molecule has 4 nitrogen and oxygen atoms in total. The van der Waals surface area contributed by atoms with Crippen molar-refractivity contribution in [3.63, 3.8) is 0 Å². The van der Waals surface area contributed by atoms with E-state index in [1.165, 1.54) is 238 Å². The lowest BCUT2D eigenvalue weighted by Crippen LogP contribution is -1.90. The largest absolute Gasteiger partial charge is 0.255 e. The lowest BCUT2D eigenvalue weighted by atomic mass is 9.91. The highest BCUT2D eigenvalue weighted by Gasteiger charge is 2.23. The maximum Gasteiger partial charge on any atom is 0.0888 e. The van der Waals surface area contributed by atoms with Gasteiger partial charge in [0.2, 0.25) is 0 Å². The van der Waals surface area contributed by atoms with Gasteiger partial charge in [-0.1, -0.05) is 413 Å². The Balaban J connectivity index is 0.0000000936. The van der Waals surface area contributed by atoms with Crippen LogP contribution in [-0.4, -0.2) is 19.9 Å². The molecule has 148 heavy (non-hydrogen) atoms. The molecule has 24 aromatic carbocycles. The molecule has 0 fully saturated rings. The summed E-state index contributed by atoms with van der Waals surface area (Å²) in [6.45, 7) is 0. The topological polar surface area (TPSA) is 51.6 Å². The SMILES string of the molecule is c1cc(-c2ccc3c4ccccc4c4ccccc4c3c2)cc(-c2cc3c(cn2)sc2ccccc23)c1.c1ccc(-c2cc3c(sc4ccccc43)c(-c3ccc4c5ccccc5c5ccccc5c4c3)n2)cc1.c1ccc(-c2nc(-c3cccc(-c4ccc5c6ccccc6c6ccccc6c5c4)c3)cc3c2sc2ccccc23)cc1.c1ccc2c(c1)sc1c(-c3ccc4c5ccccc5c5ccccc5c4c3)nccc12. The van der Waals surface area contributed by atoms with Gasteiger partial charge in [-0.25, -0.2) is 9.97 Å². The molecule has 0 amide bonds. The summed E-state index contributed by atoms with van der Waals surface area (Å²) in [5.41, 5.74) is 17.9. The van der Waals surface area contributed by atoms with Crippen molar-refractivity contribution in [2.24, 2.45) is 0 Å². The fourth-order valence-electron chi connectivity index (χ4n) is 23.0. The third-order valence-electron chi connectivity index (χ3n) is 29.9. The van der Waals surface area contributed by atoms with E-state index in [2.05, 4.69) is 497 Å². The Labute approximate surface area is 867 Å². The maximum absolute atomic E-state index is 5.31. The Morgan fingerprint density at radius 3 is 0.757 bits per heavy atom. The molecule has 8 heterocycles. The normalized spacial score (nSPS) is 11.8. The highest BCUT2D eigenvalue weighted by molar-refractivity contribution is 7.27. The van der Waals surface area contributed by atoms with Crippen LogP contribution in [0.2, 0.25) is 0 Å². The van der Waals surface area contributed by atoms with Crippen LogP contribution in [0, 0.1) is 0 Å². The van der Waals surface area contributed by atoms with Crippen LogP contribution in [0.1, 0.15) is 0 Å². The lowest BCUT2D eigenvalue weighted by molar-refractivity contribution is 1.36. The molecular weight excluding hydrogens is 1870 g/mol. The Bertz CT molecular complexity index is 10900. The Morgan fingerprint density at radius 1 is 0.122 bits per heavy atom. The fourth-order valence-corrected chi connectivity index (χ4v) is 27.6.